The SMILES string of the molecule is CC(C)c1ccc(N(c2ccccc2)c2ccc3c(c2)c2cccc4c5c(-c6ccccc6)c6c(c(-c7ccccc7)c5n3c24)c2cccc3c4cc(N(c5ccccc5)c5ccc(C(C)C)cc5)ccc4n6c32)cc1. The van der Waals surface area contributed by atoms with Crippen LogP contribution in [-0.4, -0.2) is 8.80 Å². The van der Waals surface area contributed by atoms with Crippen LogP contribution in [-0.2, 0) is 0 Å². The highest BCUT2D eigenvalue weighted by molar-refractivity contribution is 6.38. The molecule has 0 atom stereocenters. The van der Waals surface area contributed by atoms with Gasteiger partial charge in [-0.1, -0.05) is 185 Å². The van der Waals surface area contributed by atoms with Crippen molar-refractivity contribution in [2.24, 2.45) is 0 Å². The topological polar surface area (TPSA) is 15.3 Å². The predicted molar refractivity (Wildman–Crippen MR) is 324 cm³/mol. The molecule has 15 rings (SSSR count). The van der Waals surface area contributed by atoms with Crippen molar-refractivity contribution < 1.29 is 0 Å². The summed E-state index contributed by atoms with van der Waals surface area (Å²) in [6.45, 7) is 9.03. The van der Waals surface area contributed by atoms with Crippen LogP contribution in [0.5, 0.6) is 0 Å². The van der Waals surface area contributed by atoms with Crippen LogP contribution in [0.15, 0.2) is 243 Å². The highest BCUT2D eigenvalue weighted by Gasteiger charge is 2.31. The smallest absolute Gasteiger partial charge is 0.0634 e. The third kappa shape index (κ3) is 6.50. The predicted octanol–water partition coefficient (Wildman–Crippen LogP) is 20.5. The number of rotatable bonds is 10. The van der Waals surface area contributed by atoms with Crippen LogP contribution in [0.25, 0.3) is 98.4 Å². The zero-order valence-electron chi connectivity index (χ0n) is 43.0. The lowest BCUT2D eigenvalue weighted by Crippen LogP contribution is -2.10. The Morgan fingerprint density at radius 1 is 0.276 bits per heavy atom. The third-order valence-corrected chi connectivity index (χ3v) is 16.3. The van der Waals surface area contributed by atoms with E-state index in [4.69, 9.17) is 0 Å². The molecule has 0 N–H and O–H groups in total. The lowest BCUT2D eigenvalue weighted by molar-refractivity contribution is 0.866. The van der Waals surface area contributed by atoms with Gasteiger partial charge in [-0.15, -0.1) is 0 Å². The van der Waals surface area contributed by atoms with E-state index < -0.39 is 0 Å². The molecule has 4 nitrogen and oxygen atoms in total. The Balaban J connectivity index is 1.05. The van der Waals surface area contributed by atoms with Crippen molar-refractivity contribution in [3.05, 3.63) is 254 Å². The van der Waals surface area contributed by atoms with Gasteiger partial charge >= 0.3 is 0 Å². The zero-order valence-corrected chi connectivity index (χ0v) is 43.0. The molecule has 4 heteroatoms. The Morgan fingerprint density at radius 3 is 0.974 bits per heavy atom. The summed E-state index contributed by atoms with van der Waals surface area (Å²) in [4.78, 5) is 4.80. The zero-order chi connectivity index (χ0) is 50.8. The minimum atomic E-state index is 0.453. The number of hydrogen-bond donors (Lipinski definition) is 0. The molecule has 15 aromatic rings. The van der Waals surface area contributed by atoms with E-state index in [2.05, 4.69) is 289 Å². The van der Waals surface area contributed by atoms with Crippen molar-refractivity contribution >= 4 is 110 Å². The van der Waals surface area contributed by atoms with Crippen molar-refractivity contribution in [3.8, 4) is 22.3 Å². The van der Waals surface area contributed by atoms with Gasteiger partial charge in [-0.05, 0) is 119 Å². The first kappa shape index (κ1) is 44.1. The molecular formula is C72H54N4. The number of nitrogens with zero attached hydrogens (tertiary/aromatic N) is 4. The first-order chi connectivity index (χ1) is 37.4. The van der Waals surface area contributed by atoms with Gasteiger partial charge in [0.05, 0.1) is 33.1 Å². The Kier molecular flexibility index (Phi) is 9.93. The van der Waals surface area contributed by atoms with Gasteiger partial charge in [0.25, 0.3) is 0 Å². The van der Waals surface area contributed by atoms with Gasteiger partial charge in [0.1, 0.15) is 0 Å². The Hall–Kier alpha value is -9.38. The van der Waals surface area contributed by atoms with Crippen LogP contribution in [0, 0.1) is 0 Å². The molecule has 0 radical (unpaired) electrons. The minimum absolute atomic E-state index is 0.453. The van der Waals surface area contributed by atoms with E-state index in [9.17, 15) is 0 Å². The van der Waals surface area contributed by atoms with Crippen LogP contribution in [0.2, 0.25) is 0 Å². The molecule has 362 valence electrons. The first-order valence-electron chi connectivity index (χ1n) is 26.8. The molecule has 76 heavy (non-hydrogen) atoms. The van der Waals surface area contributed by atoms with Gasteiger partial charge in [-0.25, -0.2) is 0 Å². The minimum Gasteiger partial charge on any atom is -0.310 e. The molecule has 0 bridgehead atoms. The van der Waals surface area contributed by atoms with Crippen molar-refractivity contribution in [1.82, 2.24) is 8.80 Å². The molecule has 4 aromatic heterocycles. The monoisotopic (exact) mass is 974 g/mol. The molecule has 0 aliphatic heterocycles. The van der Waals surface area contributed by atoms with Gasteiger partial charge < -0.3 is 18.6 Å². The van der Waals surface area contributed by atoms with E-state index in [1.54, 1.807) is 0 Å². The van der Waals surface area contributed by atoms with Crippen molar-refractivity contribution in [2.75, 3.05) is 9.80 Å². The van der Waals surface area contributed by atoms with Crippen LogP contribution >= 0.6 is 0 Å². The summed E-state index contributed by atoms with van der Waals surface area (Å²) in [5, 5.41) is 10.00. The average molecular weight is 975 g/mol. The fraction of sp³-hybridized carbons (Fsp3) is 0.0833. The fourth-order valence-corrected chi connectivity index (χ4v) is 12.8. The van der Waals surface area contributed by atoms with Crippen LogP contribution in [0.4, 0.5) is 34.1 Å². The van der Waals surface area contributed by atoms with Crippen molar-refractivity contribution in [2.45, 2.75) is 39.5 Å². The second kappa shape index (κ2) is 17.1. The maximum Gasteiger partial charge on any atom is 0.0634 e. The Bertz CT molecular complexity index is 4350. The van der Waals surface area contributed by atoms with E-state index in [1.807, 2.05) is 0 Å². The van der Waals surface area contributed by atoms with Gasteiger partial charge in [0, 0.05) is 88.3 Å². The summed E-state index contributed by atoms with van der Waals surface area (Å²) in [6, 6.07) is 90.3. The van der Waals surface area contributed by atoms with E-state index >= 15 is 0 Å². The lowest BCUT2D eigenvalue weighted by atomic mass is 9.89. The van der Waals surface area contributed by atoms with Crippen LogP contribution < -0.4 is 9.80 Å². The normalized spacial score (nSPS) is 12.2. The fourth-order valence-electron chi connectivity index (χ4n) is 12.8. The Morgan fingerprint density at radius 2 is 0.605 bits per heavy atom. The van der Waals surface area contributed by atoms with Crippen molar-refractivity contribution in [1.29, 1.82) is 0 Å². The summed E-state index contributed by atoms with van der Waals surface area (Å²) in [7, 11) is 0. The number of anilines is 6. The Labute approximate surface area is 442 Å². The molecule has 11 aromatic carbocycles. The van der Waals surface area contributed by atoms with E-state index in [-0.39, 0.29) is 0 Å². The van der Waals surface area contributed by atoms with E-state index in [1.165, 1.54) is 110 Å². The van der Waals surface area contributed by atoms with Gasteiger partial charge in [0.2, 0.25) is 0 Å². The molecule has 0 fully saturated rings. The number of aromatic nitrogens is 2. The summed E-state index contributed by atoms with van der Waals surface area (Å²) in [6.07, 6.45) is 0. The van der Waals surface area contributed by atoms with Gasteiger partial charge in [-0.2, -0.15) is 0 Å². The third-order valence-electron chi connectivity index (χ3n) is 16.3. The summed E-state index contributed by atoms with van der Waals surface area (Å²) in [5.41, 5.74) is 21.7. The summed E-state index contributed by atoms with van der Waals surface area (Å²) < 4.78 is 5.23. The number of fused-ring (bicyclic) bond motifs is 12. The second-order valence-electron chi connectivity index (χ2n) is 21.2. The van der Waals surface area contributed by atoms with Crippen LogP contribution in [0.3, 0.4) is 0 Å². The molecule has 0 aliphatic rings. The highest BCUT2D eigenvalue weighted by Crippen LogP contribution is 2.55. The second-order valence-corrected chi connectivity index (χ2v) is 21.2. The molecule has 0 saturated heterocycles. The van der Waals surface area contributed by atoms with E-state index in [0.717, 1.165) is 34.1 Å². The largest absolute Gasteiger partial charge is 0.310 e. The van der Waals surface area contributed by atoms with Crippen molar-refractivity contribution in [3.63, 3.8) is 0 Å². The standard InChI is InChI=1S/C72H54N4/c1-45(2)47-31-35-53(36-32-47)73(51-23-13-7-14-24-51)55-39-41-63-61(43-55)57-27-17-29-59-67-66(50-21-11-6-12-22-50)72-68(65(49-19-9-5-10-20-49)71(67)75(63)69(57)59)60-30-18-28-58-62-44-56(40-42-64(62)76(72)70(58)60)74(52-25-15-8-16-26-52)54-37-33-48(34-38-54)46(3)4/h5-46H,1-4H3. The first-order valence-corrected chi connectivity index (χ1v) is 26.8. The lowest BCUT2D eigenvalue weighted by Gasteiger charge is -2.26. The molecule has 0 aliphatic carbocycles. The number of para-hydroxylation sites is 4. The quantitative estimate of drug-likeness (QED) is 0.136. The molecule has 0 amide bonds. The molecule has 0 spiro atoms. The number of benzene rings is 11. The molecular weight excluding hydrogens is 921 g/mol. The maximum atomic E-state index is 2.61. The maximum absolute atomic E-state index is 2.61. The average Bonchev–Trinajstić information content (AvgIpc) is 4.29. The molecule has 0 saturated carbocycles. The number of hydrogen-bond acceptors (Lipinski definition) is 2. The molecule has 0 unspecified atom stereocenters. The van der Waals surface area contributed by atoms with Gasteiger partial charge in [0.15, 0.2) is 0 Å². The highest BCUT2D eigenvalue weighted by atomic mass is 15.1. The molecule has 4 heterocycles. The van der Waals surface area contributed by atoms with Gasteiger partial charge in [-0.3, -0.25) is 0 Å². The summed E-state index contributed by atoms with van der Waals surface area (Å²) >= 11 is 0. The van der Waals surface area contributed by atoms with E-state index in [0.29, 0.717) is 11.8 Å². The summed E-state index contributed by atoms with van der Waals surface area (Å²) in [5.74, 6) is 0.907. The van der Waals surface area contributed by atoms with Crippen LogP contribution in [0.1, 0.15) is 50.7 Å².